The number of quaternary nitrogens is 1. The smallest absolute Gasteiger partial charge is 0.381 e. The Morgan fingerprint density at radius 1 is 0.829 bits per heavy atom. The molecule has 41 heavy (non-hydrogen) atoms. The third kappa shape index (κ3) is 6.39. The molecule has 0 aliphatic rings. The van der Waals surface area contributed by atoms with Crippen LogP contribution in [0, 0.1) is 5.21 Å². The van der Waals surface area contributed by atoms with Gasteiger partial charge in [-0.2, -0.15) is 5.23 Å². The lowest BCUT2D eigenvalue weighted by molar-refractivity contribution is -0.978. The van der Waals surface area contributed by atoms with Crippen molar-refractivity contribution in [2.24, 2.45) is 0 Å². The van der Waals surface area contributed by atoms with Crippen molar-refractivity contribution in [2.75, 3.05) is 6.61 Å². The molecule has 0 fully saturated rings. The molecule has 1 atom stereocenters. The normalized spacial score (nSPS) is 12.0. The molecule has 1 unspecified atom stereocenters. The van der Waals surface area contributed by atoms with E-state index in [-0.39, 0.29) is 5.92 Å². The second kappa shape index (κ2) is 12.5. The van der Waals surface area contributed by atoms with E-state index < -0.39 is 17.7 Å². The number of carbonyl (C=O) groups excluding carboxylic acids is 1. The Kier molecular flexibility index (Phi) is 8.60. The first-order chi connectivity index (χ1) is 19.8. The van der Waals surface area contributed by atoms with Gasteiger partial charge in [-0.15, -0.1) is 0 Å². The summed E-state index contributed by atoms with van der Waals surface area (Å²) in [4.78, 5) is 11.5. The fourth-order valence-corrected chi connectivity index (χ4v) is 5.43. The van der Waals surface area contributed by atoms with Crippen LogP contribution in [-0.2, 0) is 17.6 Å². The Morgan fingerprint density at radius 3 is 2.34 bits per heavy atom. The molecule has 2 N–H and O–H groups in total. The molecular formula is C36H35NO4. The number of ether oxygens (including phenoxy) is 1. The molecule has 0 saturated heterocycles. The van der Waals surface area contributed by atoms with Crippen molar-refractivity contribution in [1.82, 2.24) is 0 Å². The Morgan fingerprint density at radius 2 is 1.56 bits per heavy atom. The van der Waals surface area contributed by atoms with Gasteiger partial charge in [-0.3, -0.25) is 0 Å². The standard InChI is InChI=1S/C36H35NO4/c1-4-26-21-30(34-18-16-31(22-35(34)24(2)3)41-23-36(38)37(39)40)15-17-33(26)29-12-7-9-25(20-29)19-28-13-8-11-27-10-5-6-14-32(27)28/h5-18,20-22,24,37,39H,4,19,23H2,1-3H3. The van der Waals surface area contributed by atoms with E-state index in [9.17, 15) is 10.0 Å². The van der Waals surface area contributed by atoms with Crippen LogP contribution in [0.4, 0.5) is 0 Å². The number of rotatable bonds is 9. The van der Waals surface area contributed by atoms with Crippen LogP contribution >= 0.6 is 0 Å². The van der Waals surface area contributed by atoms with Crippen LogP contribution in [0.1, 0.15) is 48.9 Å². The topological polar surface area (TPSA) is 74.0 Å². The van der Waals surface area contributed by atoms with E-state index in [4.69, 9.17) is 9.94 Å². The van der Waals surface area contributed by atoms with Crippen LogP contribution in [0.5, 0.6) is 5.75 Å². The lowest BCUT2D eigenvalue weighted by Gasteiger charge is -2.18. The number of amides is 1. The summed E-state index contributed by atoms with van der Waals surface area (Å²) in [6.45, 7) is 5.92. The van der Waals surface area contributed by atoms with Crippen LogP contribution in [0.3, 0.4) is 0 Å². The molecule has 5 heteroatoms. The van der Waals surface area contributed by atoms with Crippen molar-refractivity contribution in [1.29, 1.82) is 0 Å². The van der Waals surface area contributed by atoms with Crippen LogP contribution < -0.4 is 9.96 Å². The second-order valence-corrected chi connectivity index (χ2v) is 10.7. The van der Waals surface area contributed by atoms with Crippen molar-refractivity contribution >= 4 is 16.7 Å². The third-order valence-corrected chi connectivity index (χ3v) is 7.56. The first-order valence-corrected chi connectivity index (χ1v) is 14.1. The molecule has 0 spiro atoms. The zero-order valence-electron chi connectivity index (χ0n) is 23.7. The first kappa shape index (κ1) is 28.2. The monoisotopic (exact) mass is 545 g/mol. The fourth-order valence-electron chi connectivity index (χ4n) is 5.43. The molecule has 208 valence electrons. The molecule has 5 rings (SSSR count). The highest BCUT2D eigenvalue weighted by atomic mass is 16.8. The zero-order chi connectivity index (χ0) is 28.9. The minimum atomic E-state index is -1.49. The van der Waals surface area contributed by atoms with E-state index in [1.165, 1.54) is 38.6 Å². The minimum Gasteiger partial charge on any atom is -0.593 e. The van der Waals surface area contributed by atoms with Gasteiger partial charge in [-0.25, -0.2) is 10.0 Å². The average molecular weight is 546 g/mol. The van der Waals surface area contributed by atoms with Gasteiger partial charge in [0, 0.05) is 0 Å². The predicted molar refractivity (Wildman–Crippen MR) is 164 cm³/mol. The second-order valence-electron chi connectivity index (χ2n) is 10.7. The molecule has 1 amide bonds. The number of fused-ring (bicyclic) bond motifs is 1. The molecule has 0 saturated carbocycles. The first-order valence-electron chi connectivity index (χ1n) is 14.1. The number of hydrogen-bond donors (Lipinski definition) is 2. The van der Waals surface area contributed by atoms with Gasteiger partial charge in [0.05, 0.1) is 0 Å². The SMILES string of the molecule is CCc1cc(-c2ccc(OCC(=O)[NH+]([O-])O)cc2C(C)C)ccc1-c1cccc(Cc2cccc3ccccc23)c1. The minimum absolute atomic E-state index is 0.208. The van der Waals surface area contributed by atoms with Gasteiger partial charge in [0.1, 0.15) is 5.75 Å². The summed E-state index contributed by atoms with van der Waals surface area (Å²) < 4.78 is 5.48. The summed E-state index contributed by atoms with van der Waals surface area (Å²) in [5.41, 5.74) is 9.62. The van der Waals surface area contributed by atoms with E-state index in [1.807, 2.05) is 12.1 Å². The van der Waals surface area contributed by atoms with Crippen LogP contribution in [0.25, 0.3) is 33.0 Å². The molecule has 0 bridgehead atoms. The molecule has 5 aromatic carbocycles. The van der Waals surface area contributed by atoms with Gasteiger partial charge < -0.3 is 9.94 Å². The number of aryl methyl sites for hydroxylation is 1. The molecule has 0 aliphatic carbocycles. The zero-order valence-corrected chi connectivity index (χ0v) is 23.7. The van der Waals surface area contributed by atoms with Crippen molar-refractivity contribution < 1.29 is 20.0 Å². The largest absolute Gasteiger partial charge is 0.593 e. The summed E-state index contributed by atoms with van der Waals surface area (Å²) in [6.07, 6.45) is 1.77. The van der Waals surface area contributed by atoms with Gasteiger partial charge in [-0.1, -0.05) is 112 Å². The highest BCUT2D eigenvalue weighted by Gasteiger charge is 2.15. The van der Waals surface area contributed by atoms with E-state index in [2.05, 4.69) is 106 Å². The molecule has 5 aromatic rings. The van der Waals surface area contributed by atoms with Gasteiger partial charge >= 0.3 is 5.91 Å². The van der Waals surface area contributed by atoms with Gasteiger partial charge in [-0.05, 0) is 86.2 Å². The van der Waals surface area contributed by atoms with Crippen LogP contribution in [-0.4, -0.2) is 17.7 Å². The molecule has 0 radical (unpaired) electrons. The van der Waals surface area contributed by atoms with E-state index in [0.29, 0.717) is 5.75 Å². The fraction of sp³-hybridized carbons (Fsp3) is 0.194. The van der Waals surface area contributed by atoms with E-state index in [0.717, 1.165) is 29.5 Å². The lowest BCUT2D eigenvalue weighted by atomic mass is 9.88. The highest BCUT2D eigenvalue weighted by Crippen LogP contribution is 2.36. The van der Waals surface area contributed by atoms with Crippen LogP contribution in [0.15, 0.2) is 103 Å². The van der Waals surface area contributed by atoms with Crippen molar-refractivity contribution in [3.63, 3.8) is 0 Å². The Bertz CT molecular complexity index is 1680. The Balaban J connectivity index is 1.44. The summed E-state index contributed by atoms with van der Waals surface area (Å²) in [5.74, 6) is -0.272. The quantitative estimate of drug-likeness (QED) is 0.153. The van der Waals surface area contributed by atoms with Crippen LogP contribution in [0.2, 0.25) is 0 Å². The molecule has 0 aromatic heterocycles. The summed E-state index contributed by atoms with van der Waals surface area (Å²) in [7, 11) is 0. The number of hydroxylamine groups is 2. The van der Waals surface area contributed by atoms with Gasteiger partial charge in [0.2, 0.25) is 6.61 Å². The molecule has 5 nitrogen and oxygen atoms in total. The lowest BCUT2D eigenvalue weighted by Crippen LogP contribution is -3.08. The Labute approximate surface area is 241 Å². The number of carbonyl (C=O) groups is 1. The maximum Gasteiger partial charge on any atom is 0.381 e. The third-order valence-electron chi connectivity index (χ3n) is 7.56. The summed E-state index contributed by atoms with van der Waals surface area (Å²) in [6, 6.07) is 36.2. The Hall–Kier alpha value is -4.29. The van der Waals surface area contributed by atoms with E-state index >= 15 is 0 Å². The van der Waals surface area contributed by atoms with Gasteiger partial charge in [0.15, 0.2) is 0 Å². The molecule has 0 heterocycles. The van der Waals surface area contributed by atoms with Gasteiger partial charge in [0.25, 0.3) is 0 Å². The van der Waals surface area contributed by atoms with E-state index in [1.54, 1.807) is 6.07 Å². The number of nitrogens with one attached hydrogen (secondary N) is 1. The van der Waals surface area contributed by atoms with Crippen molar-refractivity contribution in [3.8, 4) is 28.0 Å². The van der Waals surface area contributed by atoms with Crippen molar-refractivity contribution in [3.05, 3.63) is 131 Å². The summed E-state index contributed by atoms with van der Waals surface area (Å²) in [5, 5.41) is 20.8. The maximum atomic E-state index is 11.5. The predicted octanol–water partition coefficient (Wildman–Crippen LogP) is 7.13. The maximum absolute atomic E-state index is 11.5. The number of hydrogen-bond acceptors (Lipinski definition) is 4. The number of benzene rings is 5. The highest BCUT2D eigenvalue weighted by molar-refractivity contribution is 5.86. The average Bonchev–Trinajstić information content (AvgIpc) is 2.99. The summed E-state index contributed by atoms with van der Waals surface area (Å²) >= 11 is 0. The molecular weight excluding hydrogens is 510 g/mol. The molecule has 0 aliphatic heterocycles. The van der Waals surface area contributed by atoms with Crippen molar-refractivity contribution in [2.45, 2.75) is 39.5 Å².